The van der Waals surface area contributed by atoms with E-state index in [1.54, 1.807) is 10.6 Å². The van der Waals surface area contributed by atoms with Crippen molar-refractivity contribution in [2.45, 2.75) is 39.0 Å². The molecule has 1 N–H and O–H groups in total. The summed E-state index contributed by atoms with van der Waals surface area (Å²) < 4.78 is 40.9. The van der Waals surface area contributed by atoms with Crippen molar-refractivity contribution in [3.8, 4) is 0 Å². The van der Waals surface area contributed by atoms with E-state index in [0.717, 1.165) is 24.1 Å². The van der Waals surface area contributed by atoms with Gasteiger partial charge in [-0.1, -0.05) is 31.2 Å². The minimum Gasteiger partial charge on any atom is -0.354 e. The highest BCUT2D eigenvalue weighted by molar-refractivity contribution is 5.80. The molecular weight excluding hydrogens is 383 g/mol. The van der Waals surface area contributed by atoms with Gasteiger partial charge in [-0.3, -0.25) is 13.9 Å². The number of alkyl halides is 3. The van der Waals surface area contributed by atoms with E-state index < -0.39 is 11.7 Å². The molecule has 2 aromatic carbocycles. The first-order valence-corrected chi connectivity index (χ1v) is 9.42. The molecule has 0 radical (unpaired) electrons. The number of amides is 1. The van der Waals surface area contributed by atoms with Gasteiger partial charge >= 0.3 is 11.9 Å². The lowest BCUT2D eigenvalue weighted by Gasteiger charge is -2.09. The maximum absolute atomic E-state index is 12.7. The minimum atomic E-state index is -4.36. The molecule has 3 rings (SSSR count). The van der Waals surface area contributed by atoms with Gasteiger partial charge in [-0.25, -0.2) is 4.79 Å². The van der Waals surface area contributed by atoms with Gasteiger partial charge in [0, 0.05) is 13.1 Å². The van der Waals surface area contributed by atoms with Crippen LogP contribution < -0.4 is 11.0 Å². The maximum atomic E-state index is 12.7. The molecule has 29 heavy (non-hydrogen) atoms. The lowest BCUT2D eigenvalue weighted by Crippen LogP contribution is -2.34. The molecule has 154 valence electrons. The number of aromatic nitrogens is 2. The van der Waals surface area contributed by atoms with Crippen molar-refractivity contribution in [3.63, 3.8) is 0 Å². The summed E-state index contributed by atoms with van der Waals surface area (Å²) in [6.45, 7) is 2.71. The zero-order valence-electron chi connectivity index (χ0n) is 16.0. The average molecular weight is 405 g/mol. The number of halogens is 3. The fourth-order valence-electron chi connectivity index (χ4n) is 3.27. The molecule has 0 aliphatic carbocycles. The molecule has 1 heterocycles. The summed E-state index contributed by atoms with van der Waals surface area (Å²) in [6.07, 6.45) is -3.17. The second kappa shape index (κ2) is 8.55. The Bertz CT molecular complexity index is 1050. The molecule has 0 aliphatic rings. The maximum Gasteiger partial charge on any atom is 0.416 e. The number of rotatable bonds is 7. The molecule has 1 aromatic heterocycles. The zero-order valence-corrected chi connectivity index (χ0v) is 16.0. The van der Waals surface area contributed by atoms with Crippen molar-refractivity contribution in [1.82, 2.24) is 14.5 Å². The first kappa shape index (κ1) is 20.7. The number of aryl methyl sites for hydroxylation is 1. The van der Waals surface area contributed by atoms with E-state index in [4.69, 9.17) is 0 Å². The van der Waals surface area contributed by atoms with Crippen molar-refractivity contribution in [2.24, 2.45) is 0 Å². The van der Waals surface area contributed by atoms with E-state index in [0.29, 0.717) is 24.0 Å². The monoisotopic (exact) mass is 405 g/mol. The van der Waals surface area contributed by atoms with Gasteiger partial charge in [0.15, 0.2) is 0 Å². The Labute approximate surface area is 165 Å². The number of fused-ring (bicyclic) bond motifs is 1. The van der Waals surface area contributed by atoms with E-state index in [1.807, 2.05) is 25.1 Å². The largest absolute Gasteiger partial charge is 0.416 e. The average Bonchev–Trinajstić information content (AvgIpc) is 2.94. The number of nitrogens with one attached hydrogen (secondary N) is 1. The van der Waals surface area contributed by atoms with Gasteiger partial charge in [0.05, 0.1) is 16.6 Å². The van der Waals surface area contributed by atoms with E-state index in [1.165, 1.54) is 16.7 Å². The van der Waals surface area contributed by atoms with Crippen LogP contribution >= 0.6 is 0 Å². The minimum absolute atomic E-state index is 0.108. The first-order chi connectivity index (χ1) is 13.8. The number of hydrogen-bond acceptors (Lipinski definition) is 2. The van der Waals surface area contributed by atoms with E-state index in [-0.39, 0.29) is 24.7 Å². The SMILES string of the molecule is CCCn1c(=O)n(CC(=O)NCCc2ccc(C(F)(F)F)cc2)c2ccccc21. The molecule has 1 amide bonds. The molecule has 0 aliphatic heterocycles. The highest BCUT2D eigenvalue weighted by Gasteiger charge is 2.29. The van der Waals surface area contributed by atoms with Gasteiger partial charge in [0.2, 0.25) is 5.91 Å². The van der Waals surface area contributed by atoms with Gasteiger partial charge in [0.1, 0.15) is 6.54 Å². The summed E-state index contributed by atoms with van der Waals surface area (Å²) in [4.78, 5) is 25.0. The second-order valence-electron chi connectivity index (χ2n) is 6.80. The van der Waals surface area contributed by atoms with Gasteiger partial charge < -0.3 is 5.32 Å². The molecule has 0 fully saturated rings. The summed E-state index contributed by atoms with van der Waals surface area (Å²) in [5.41, 5.74) is 1.25. The Morgan fingerprint density at radius 1 is 1.00 bits per heavy atom. The summed E-state index contributed by atoms with van der Waals surface area (Å²) in [6, 6.07) is 12.2. The molecule has 0 saturated carbocycles. The summed E-state index contributed by atoms with van der Waals surface area (Å²) in [5, 5.41) is 2.73. The van der Waals surface area contributed by atoms with E-state index in [9.17, 15) is 22.8 Å². The molecule has 0 bridgehead atoms. The Balaban J connectivity index is 1.63. The van der Waals surface area contributed by atoms with Crippen LogP contribution in [0.4, 0.5) is 13.2 Å². The predicted octanol–water partition coefficient (Wildman–Crippen LogP) is 3.59. The number of benzene rings is 2. The Morgan fingerprint density at radius 2 is 1.62 bits per heavy atom. The predicted molar refractivity (Wildman–Crippen MR) is 105 cm³/mol. The van der Waals surface area contributed by atoms with Crippen LogP contribution in [-0.4, -0.2) is 21.6 Å². The second-order valence-corrected chi connectivity index (χ2v) is 6.80. The molecule has 0 unspecified atom stereocenters. The third-order valence-electron chi connectivity index (χ3n) is 4.69. The van der Waals surface area contributed by atoms with Crippen LogP contribution in [0.1, 0.15) is 24.5 Å². The molecule has 8 heteroatoms. The van der Waals surface area contributed by atoms with E-state index in [2.05, 4.69) is 5.32 Å². The molecule has 0 atom stereocenters. The van der Waals surface area contributed by atoms with Gasteiger partial charge in [-0.05, 0) is 42.7 Å². The first-order valence-electron chi connectivity index (χ1n) is 9.42. The fourth-order valence-corrected chi connectivity index (χ4v) is 3.27. The van der Waals surface area contributed by atoms with Crippen LogP contribution in [0.3, 0.4) is 0 Å². The highest BCUT2D eigenvalue weighted by Crippen LogP contribution is 2.29. The normalized spacial score (nSPS) is 11.7. The van der Waals surface area contributed by atoms with Crippen molar-refractivity contribution in [1.29, 1.82) is 0 Å². The quantitative estimate of drug-likeness (QED) is 0.653. The van der Waals surface area contributed by atoms with Gasteiger partial charge in [0.25, 0.3) is 0 Å². The number of nitrogens with zero attached hydrogens (tertiary/aromatic N) is 2. The molecule has 0 saturated heterocycles. The fraction of sp³-hybridized carbons (Fsp3) is 0.333. The third kappa shape index (κ3) is 4.70. The zero-order chi connectivity index (χ0) is 21.0. The number of carbonyl (C=O) groups is 1. The van der Waals surface area contributed by atoms with Crippen molar-refractivity contribution < 1.29 is 18.0 Å². The lowest BCUT2D eigenvalue weighted by atomic mass is 10.1. The van der Waals surface area contributed by atoms with Crippen LogP contribution in [0.25, 0.3) is 11.0 Å². The number of imidazole rings is 1. The Kier molecular flexibility index (Phi) is 6.10. The van der Waals surface area contributed by atoms with Gasteiger partial charge in [-0.15, -0.1) is 0 Å². The number of hydrogen-bond donors (Lipinski definition) is 1. The summed E-state index contributed by atoms with van der Waals surface area (Å²) in [7, 11) is 0. The van der Waals surface area contributed by atoms with E-state index >= 15 is 0 Å². The molecular formula is C21H22F3N3O2. The molecule has 5 nitrogen and oxygen atoms in total. The summed E-state index contributed by atoms with van der Waals surface area (Å²) >= 11 is 0. The van der Waals surface area contributed by atoms with Gasteiger partial charge in [-0.2, -0.15) is 13.2 Å². The molecule has 0 spiro atoms. The van der Waals surface area contributed by atoms with Crippen LogP contribution in [-0.2, 0) is 30.5 Å². The summed E-state index contributed by atoms with van der Waals surface area (Å²) in [5.74, 6) is -0.321. The third-order valence-corrected chi connectivity index (χ3v) is 4.69. The van der Waals surface area contributed by atoms with Crippen molar-refractivity contribution >= 4 is 16.9 Å². The van der Waals surface area contributed by atoms with Crippen LogP contribution in [0.15, 0.2) is 53.3 Å². The van der Waals surface area contributed by atoms with Crippen LogP contribution in [0, 0.1) is 0 Å². The van der Waals surface area contributed by atoms with Crippen molar-refractivity contribution in [3.05, 3.63) is 70.1 Å². The smallest absolute Gasteiger partial charge is 0.354 e. The Morgan fingerprint density at radius 3 is 2.21 bits per heavy atom. The number of para-hydroxylation sites is 2. The molecule has 3 aromatic rings. The lowest BCUT2D eigenvalue weighted by molar-refractivity contribution is -0.137. The topological polar surface area (TPSA) is 56.0 Å². The van der Waals surface area contributed by atoms with Crippen LogP contribution in [0.2, 0.25) is 0 Å². The Hall–Kier alpha value is -3.03. The highest BCUT2D eigenvalue weighted by atomic mass is 19.4. The van der Waals surface area contributed by atoms with Crippen molar-refractivity contribution in [2.75, 3.05) is 6.54 Å². The standard InChI is InChI=1S/C21H22F3N3O2/c1-2-13-26-17-5-3-4-6-18(17)27(20(26)29)14-19(28)25-12-11-15-7-9-16(10-8-15)21(22,23)24/h3-10H,2,11-14H2,1H3,(H,25,28). The number of carbonyl (C=O) groups excluding carboxylic acids is 1. The van der Waals surface area contributed by atoms with Crippen LogP contribution in [0.5, 0.6) is 0 Å².